The van der Waals surface area contributed by atoms with Gasteiger partial charge in [0, 0.05) is 10.9 Å². The van der Waals surface area contributed by atoms with Crippen LogP contribution in [0, 0.1) is 6.92 Å². The topological polar surface area (TPSA) is 94.6 Å². The minimum atomic E-state index is -0.612. The fourth-order valence-electron chi connectivity index (χ4n) is 4.25. The first kappa shape index (κ1) is 27.0. The molecule has 0 fully saturated rings. The SMILES string of the molecule is CCCc1ccc(-c2cc(C(=O)Nc3sc(C(=O)OCC)c(C)c3C(=O)OCC)c3ccccc3n2)cc1. The van der Waals surface area contributed by atoms with Crippen LogP contribution in [0.25, 0.3) is 22.2 Å². The van der Waals surface area contributed by atoms with E-state index in [1.54, 1.807) is 26.8 Å². The molecule has 0 saturated heterocycles. The lowest BCUT2D eigenvalue weighted by atomic mass is 10.0. The Labute approximate surface area is 225 Å². The van der Waals surface area contributed by atoms with Crippen molar-refractivity contribution in [3.63, 3.8) is 0 Å². The number of pyridine rings is 1. The number of aromatic nitrogens is 1. The fraction of sp³-hybridized carbons (Fsp3) is 0.267. The zero-order valence-electron chi connectivity index (χ0n) is 21.9. The van der Waals surface area contributed by atoms with E-state index in [-0.39, 0.29) is 28.7 Å². The molecule has 0 aliphatic heterocycles. The summed E-state index contributed by atoms with van der Waals surface area (Å²) in [4.78, 5) is 44.1. The molecule has 1 amide bonds. The molecule has 0 atom stereocenters. The fourth-order valence-corrected chi connectivity index (χ4v) is 5.34. The lowest BCUT2D eigenvalue weighted by Crippen LogP contribution is -2.15. The zero-order chi connectivity index (χ0) is 27.2. The number of hydrogen-bond donors (Lipinski definition) is 1. The molecule has 0 spiro atoms. The minimum absolute atomic E-state index is 0.151. The van der Waals surface area contributed by atoms with Gasteiger partial charge in [0.15, 0.2) is 0 Å². The normalized spacial score (nSPS) is 10.8. The second-order valence-electron chi connectivity index (χ2n) is 8.67. The summed E-state index contributed by atoms with van der Waals surface area (Å²) >= 11 is 1.00. The maximum absolute atomic E-state index is 13.7. The van der Waals surface area contributed by atoms with Gasteiger partial charge in [-0.2, -0.15) is 0 Å². The highest BCUT2D eigenvalue weighted by Gasteiger charge is 2.28. The predicted octanol–water partition coefficient (Wildman–Crippen LogP) is 6.83. The first-order valence-corrected chi connectivity index (χ1v) is 13.5. The van der Waals surface area contributed by atoms with Crippen molar-refractivity contribution >= 4 is 45.1 Å². The van der Waals surface area contributed by atoms with Gasteiger partial charge in [0.2, 0.25) is 0 Å². The molecule has 0 aliphatic carbocycles. The number of benzene rings is 2. The summed E-state index contributed by atoms with van der Waals surface area (Å²) in [6, 6.07) is 17.3. The maximum atomic E-state index is 13.7. The van der Waals surface area contributed by atoms with Crippen molar-refractivity contribution in [3.05, 3.63) is 81.7 Å². The van der Waals surface area contributed by atoms with Crippen LogP contribution in [-0.4, -0.2) is 36.0 Å². The van der Waals surface area contributed by atoms with Crippen LogP contribution in [0.15, 0.2) is 54.6 Å². The summed E-state index contributed by atoms with van der Waals surface area (Å²) in [6.07, 6.45) is 2.06. The lowest BCUT2D eigenvalue weighted by molar-refractivity contribution is 0.0527. The second-order valence-corrected chi connectivity index (χ2v) is 9.70. The van der Waals surface area contributed by atoms with Crippen molar-refractivity contribution in [1.29, 1.82) is 0 Å². The average Bonchev–Trinajstić information content (AvgIpc) is 3.24. The summed E-state index contributed by atoms with van der Waals surface area (Å²) < 4.78 is 10.4. The summed E-state index contributed by atoms with van der Waals surface area (Å²) in [5, 5.41) is 3.77. The Morgan fingerprint density at radius 2 is 1.61 bits per heavy atom. The summed E-state index contributed by atoms with van der Waals surface area (Å²) in [5.41, 5.74) is 4.44. The van der Waals surface area contributed by atoms with Crippen molar-refractivity contribution in [2.24, 2.45) is 0 Å². The van der Waals surface area contributed by atoms with Crippen LogP contribution in [-0.2, 0) is 15.9 Å². The second kappa shape index (κ2) is 12.0. The van der Waals surface area contributed by atoms with Gasteiger partial charge in [-0.15, -0.1) is 11.3 Å². The Morgan fingerprint density at radius 3 is 2.29 bits per heavy atom. The van der Waals surface area contributed by atoms with Crippen LogP contribution >= 0.6 is 11.3 Å². The summed E-state index contributed by atoms with van der Waals surface area (Å²) in [5.74, 6) is -1.58. The molecule has 4 rings (SSSR count). The van der Waals surface area contributed by atoms with Gasteiger partial charge in [-0.05, 0) is 50.5 Å². The van der Waals surface area contributed by atoms with Crippen LogP contribution in [0.1, 0.15) is 68.7 Å². The van der Waals surface area contributed by atoms with E-state index in [9.17, 15) is 14.4 Å². The number of anilines is 1. The standard InChI is InChI=1S/C30H30N2O5S/c1-5-10-19-13-15-20(16-14-19)24-17-22(21-11-8-9-12-23(21)31-24)27(33)32-28-25(29(34)36-6-2)18(4)26(38-28)30(35)37-7-3/h8-9,11-17H,5-7,10H2,1-4H3,(H,32,33). The van der Waals surface area contributed by atoms with E-state index in [0.29, 0.717) is 27.7 Å². The van der Waals surface area contributed by atoms with Crippen LogP contribution in [0.3, 0.4) is 0 Å². The lowest BCUT2D eigenvalue weighted by Gasteiger charge is -2.11. The quantitative estimate of drug-likeness (QED) is 0.238. The van der Waals surface area contributed by atoms with Gasteiger partial charge < -0.3 is 14.8 Å². The number of nitrogens with one attached hydrogen (secondary N) is 1. The summed E-state index contributed by atoms with van der Waals surface area (Å²) in [7, 11) is 0. The number of carbonyl (C=O) groups is 3. The molecule has 0 radical (unpaired) electrons. The highest BCUT2D eigenvalue weighted by atomic mass is 32.1. The Balaban J connectivity index is 1.77. The zero-order valence-corrected chi connectivity index (χ0v) is 22.7. The molecule has 2 heterocycles. The molecule has 8 heteroatoms. The monoisotopic (exact) mass is 530 g/mol. The van der Waals surface area contributed by atoms with Crippen molar-refractivity contribution in [2.45, 2.75) is 40.5 Å². The molecule has 0 bridgehead atoms. The van der Waals surface area contributed by atoms with Gasteiger partial charge >= 0.3 is 11.9 Å². The van der Waals surface area contributed by atoms with Gasteiger partial charge in [-0.25, -0.2) is 14.6 Å². The molecule has 1 N–H and O–H groups in total. The number of thiophene rings is 1. The molecule has 2 aromatic heterocycles. The van der Waals surface area contributed by atoms with E-state index in [2.05, 4.69) is 24.4 Å². The van der Waals surface area contributed by atoms with E-state index in [1.165, 1.54) is 5.56 Å². The third-order valence-corrected chi connectivity index (χ3v) is 7.25. The summed E-state index contributed by atoms with van der Waals surface area (Å²) in [6.45, 7) is 7.54. The van der Waals surface area contributed by atoms with E-state index < -0.39 is 17.8 Å². The smallest absolute Gasteiger partial charge is 0.348 e. The van der Waals surface area contributed by atoms with Crippen LogP contribution in [0.2, 0.25) is 0 Å². The van der Waals surface area contributed by atoms with Crippen molar-refractivity contribution in [2.75, 3.05) is 18.5 Å². The molecular formula is C30H30N2O5S. The molecule has 38 heavy (non-hydrogen) atoms. The number of amides is 1. The number of fused-ring (bicyclic) bond motifs is 1. The van der Waals surface area contributed by atoms with Crippen molar-refractivity contribution < 1.29 is 23.9 Å². The van der Waals surface area contributed by atoms with E-state index in [4.69, 9.17) is 14.5 Å². The molecule has 4 aromatic rings. The number of ether oxygens (including phenoxy) is 2. The Kier molecular flexibility index (Phi) is 8.53. The predicted molar refractivity (Wildman–Crippen MR) is 150 cm³/mol. The largest absolute Gasteiger partial charge is 0.462 e. The Hall–Kier alpha value is -4.04. The number of rotatable bonds is 9. The average molecular weight is 531 g/mol. The first-order chi connectivity index (χ1) is 18.4. The van der Waals surface area contributed by atoms with Crippen LogP contribution < -0.4 is 5.32 Å². The molecule has 2 aromatic carbocycles. The van der Waals surface area contributed by atoms with Crippen LogP contribution in [0.5, 0.6) is 0 Å². The van der Waals surface area contributed by atoms with Gasteiger partial charge in [0.25, 0.3) is 5.91 Å². The van der Waals surface area contributed by atoms with Gasteiger partial charge in [-0.3, -0.25) is 4.79 Å². The first-order valence-electron chi connectivity index (χ1n) is 12.7. The maximum Gasteiger partial charge on any atom is 0.348 e. The molecule has 196 valence electrons. The number of hydrogen-bond acceptors (Lipinski definition) is 7. The number of carbonyl (C=O) groups excluding carboxylic acids is 3. The van der Waals surface area contributed by atoms with Crippen molar-refractivity contribution in [1.82, 2.24) is 4.98 Å². The number of nitrogens with zero attached hydrogens (tertiary/aromatic N) is 1. The third kappa shape index (κ3) is 5.60. The molecule has 0 aliphatic rings. The molecular weight excluding hydrogens is 500 g/mol. The Morgan fingerprint density at radius 1 is 0.921 bits per heavy atom. The highest BCUT2D eigenvalue weighted by Crippen LogP contribution is 2.35. The highest BCUT2D eigenvalue weighted by molar-refractivity contribution is 7.18. The molecule has 7 nitrogen and oxygen atoms in total. The Bertz CT molecular complexity index is 1490. The third-order valence-electron chi connectivity index (χ3n) is 6.06. The van der Waals surface area contributed by atoms with Gasteiger partial charge in [0.05, 0.1) is 35.6 Å². The number of aryl methyl sites for hydroxylation is 1. The van der Waals surface area contributed by atoms with Gasteiger partial charge in [0.1, 0.15) is 9.88 Å². The molecule has 0 unspecified atom stereocenters. The minimum Gasteiger partial charge on any atom is -0.462 e. The molecule has 0 saturated carbocycles. The van der Waals surface area contributed by atoms with Crippen molar-refractivity contribution in [3.8, 4) is 11.3 Å². The van der Waals surface area contributed by atoms with E-state index >= 15 is 0 Å². The van der Waals surface area contributed by atoms with Gasteiger partial charge in [-0.1, -0.05) is 55.8 Å². The van der Waals surface area contributed by atoms with E-state index in [1.807, 2.05) is 36.4 Å². The van der Waals surface area contributed by atoms with E-state index in [0.717, 1.165) is 29.7 Å². The number of para-hydroxylation sites is 1. The van der Waals surface area contributed by atoms with Crippen LogP contribution in [0.4, 0.5) is 5.00 Å². The number of esters is 2.